The summed E-state index contributed by atoms with van der Waals surface area (Å²) in [6, 6.07) is 34.7. The van der Waals surface area contributed by atoms with E-state index in [0.29, 0.717) is 5.39 Å². The van der Waals surface area contributed by atoms with Gasteiger partial charge in [0.05, 0.1) is 0 Å². The van der Waals surface area contributed by atoms with Crippen LogP contribution in [0.25, 0.3) is 21.9 Å². The number of hydrogen-bond acceptors (Lipinski definition) is 3. The molecule has 5 aromatic rings. The van der Waals surface area contributed by atoms with Crippen LogP contribution in [0.2, 0.25) is 0 Å². The Hall–Kier alpha value is -4.10. The molecule has 1 unspecified atom stereocenters. The summed E-state index contributed by atoms with van der Waals surface area (Å²) in [5.74, 6) is -0.382. The van der Waals surface area contributed by atoms with E-state index < -0.39 is 21.4 Å². The van der Waals surface area contributed by atoms with Gasteiger partial charge in [-0.05, 0) is 74.3 Å². The van der Waals surface area contributed by atoms with Crippen LogP contribution < -0.4 is 4.18 Å². The molecule has 0 heterocycles. The molecule has 38 heavy (non-hydrogen) atoms. The van der Waals surface area contributed by atoms with Gasteiger partial charge in [0.25, 0.3) is 0 Å². The molecule has 1 aliphatic carbocycles. The van der Waals surface area contributed by atoms with Crippen LogP contribution in [-0.2, 0) is 16.5 Å². The molecule has 5 aromatic carbocycles. The highest BCUT2D eigenvalue weighted by Crippen LogP contribution is 2.45. The molecular formula is C31H21F3O3S. The quantitative estimate of drug-likeness (QED) is 0.172. The van der Waals surface area contributed by atoms with E-state index in [1.807, 2.05) is 42.5 Å². The number of rotatable bonds is 4. The lowest BCUT2D eigenvalue weighted by molar-refractivity contribution is -0.0500. The molecule has 190 valence electrons. The van der Waals surface area contributed by atoms with Crippen LogP contribution in [0.15, 0.2) is 109 Å². The van der Waals surface area contributed by atoms with Crippen molar-refractivity contribution in [2.75, 3.05) is 0 Å². The summed E-state index contributed by atoms with van der Waals surface area (Å²) in [6.07, 6.45) is 0.795. The third-order valence-electron chi connectivity index (χ3n) is 6.98. The average Bonchev–Trinajstić information content (AvgIpc) is 2.90. The highest BCUT2D eigenvalue weighted by molar-refractivity contribution is 7.88. The fraction of sp³-hybridized carbons (Fsp3) is 0.0968. The van der Waals surface area contributed by atoms with E-state index in [1.165, 1.54) is 39.9 Å². The monoisotopic (exact) mass is 530 g/mol. The third kappa shape index (κ3) is 4.23. The smallest absolute Gasteiger partial charge is 0.376 e. The van der Waals surface area contributed by atoms with Gasteiger partial charge in [0.2, 0.25) is 0 Å². The first-order valence-electron chi connectivity index (χ1n) is 12.0. The Kier molecular flexibility index (Phi) is 5.76. The summed E-state index contributed by atoms with van der Waals surface area (Å²) < 4.78 is 66.0. The Morgan fingerprint density at radius 3 is 2.21 bits per heavy atom. The molecular weight excluding hydrogens is 509 g/mol. The molecule has 0 aliphatic heterocycles. The summed E-state index contributed by atoms with van der Waals surface area (Å²) in [6.45, 7) is 0. The first-order chi connectivity index (χ1) is 18.2. The normalized spacial score (nSPS) is 15.1. The second kappa shape index (κ2) is 9.03. The summed E-state index contributed by atoms with van der Waals surface area (Å²) in [5.41, 5.74) is 2.47. The number of halogens is 3. The minimum Gasteiger partial charge on any atom is -0.376 e. The molecule has 0 saturated carbocycles. The topological polar surface area (TPSA) is 43.4 Å². The van der Waals surface area contributed by atoms with Crippen LogP contribution in [0.4, 0.5) is 13.2 Å². The maximum Gasteiger partial charge on any atom is 0.534 e. The van der Waals surface area contributed by atoms with Crippen molar-refractivity contribution >= 4 is 20.9 Å². The van der Waals surface area contributed by atoms with Gasteiger partial charge in [-0.1, -0.05) is 91.0 Å². The number of fused-ring (bicyclic) bond motifs is 3. The zero-order valence-corrected chi connectivity index (χ0v) is 20.8. The highest BCUT2D eigenvalue weighted by atomic mass is 32.2. The van der Waals surface area contributed by atoms with Crippen LogP contribution in [0.1, 0.15) is 33.7 Å². The van der Waals surface area contributed by atoms with Crippen molar-refractivity contribution < 1.29 is 25.8 Å². The summed E-state index contributed by atoms with van der Waals surface area (Å²) >= 11 is 0. The Balaban J connectivity index is 1.50. The van der Waals surface area contributed by atoms with Crippen molar-refractivity contribution in [3.8, 4) is 16.9 Å². The van der Waals surface area contributed by atoms with E-state index >= 15 is 0 Å². The fourth-order valence-corrected chi connectivity index (χ4v) is 5.76. The lowest BCUT2D eigenvalue weighted by Crippen LogP contribution is -2.28. The standard InChI is InChI=1S/C31H21F3O3S/c32-31(33,34)38(35,36)37-26-16-15-20-13-14-23(18-25(20)19-26)28-12-6-10-24-17-22-9-4-5-11-27(22)29(30(24)28)21-7-2-1-3-8-21/h1-16,18-19,29H,17H2. The molecule has 0 fully saturated rings. The number of alkyl halides is 3. The van der Waals surface area contributed by atoms with Crippen LogP contribution in [-0.4, -0.2) is 13.9 Å². The zero-order chi connectivity index (χ0) is 26.5. The fourth-order valence-electron chi connectivity index (χ4n) is 5.31. The van der Waals surface area contributed by atoms with Crippen molar-refractivity contribution in [1.29, 1.82) is 0 Å². The lowest BCUT2D eigenvalue weighted by atomic mass is 9.72. The zero-order valence-electron chi connectivity index (χ0n) is 19.9. The summed E-state index contributed by atoms with van der Waals surface area (Å²) in [4.78, 5) is 0. The largest absolute Gasteiger partial charge is 0.534 e. The van der Waals surface area contributed by atoms with Gasteiger partial charge in [-0.15, -0.1) is 0 Å². The van der Waals surface area contributed by atoms with E-state index in [-0.39, 0.29) is 5.92 Å². The second-order valence-corrected chi connectivity index (χ2v) is 10.8. The maximum absolute atomic E-state index is 12.8. The molecule has 3 nitrogen and oxygen atoms in total. The molecule has 7 heteroatoms. The van der Waals surface area contributed by atoms with E-state index in [9.17, 15) is 21.6 Å². The molecule has 0 aromatic heterocycles. The molecule has 0 radical (unpaired) electrons. The van der Waals surface area contributed by atoms with Gasteiger partial charge in [-0.2, -0.15) is 21.6 Å². The Morgan fingerprint density at radius 1 is 0.711 bits per heavy atom. The van der Waals surface area contributed by atoms with Crippen molar-refractivity contribution in [2.45, 2.75) is 17.8 Å². The van der Waals surface area contributed by atoms with Gasteiger partial charge in [-0.3, -0.25) is 0 Å². The molecule has 0 N–H and O–H groups in total. The molecule has 1 aliphatic rings. The van der Waals surface area contributed by atoms with Gasteiger partial charge < -0.3 is 4.18 Å². The maximum atomic E-state index is 12.8. The number of benzene rings is 5. The second-order valence-electron chi connectivity index (χ2n) is 9.30. The van der Waals surface area contributed by atoms with Crippen molar-refractivity contribution in [3.63, 3.8) is 0 Å². The minimum atomic E-state index is -5.76. The molecule has 0 spiro atoms. The first-order valence-corrected chi connectivity index (χ1v) is 13.4. The van der Waals surface area contributed by atoms with Gasteiger partial charge in [0.1, 0.15) is 5.75 Å². The minimum absolute atomic E-state index is 0.00893. The number of hydrogen-bond donors (Lipinski definition) is 0. The van der Waals surface area contributed by atoms with E-state index in [0.717, 1.165) is 22.9 Å². The third-order valence-corrected chi connectivity index (χ3v) is 7.96. The molecule has 0 saturated heterocycles. The van der Waals surface area contributed by atoms with Crippen LogP contribution >= 0.6 is 0 Å². The molecule has 1 atom stereocenters. The van der Waals surface area contributed by atoms with Gasteiger partial charge >= 0.3 is 15.6 Å². The first kappa shape index (κ1) is 24.2. The van der Waals surface area contributed by atoms with E-state index in [2.05, 4.69) is 52.7 Å². The molecule has 6 rings (SSSR count). The van der Waals surface area contributed by atoms with Crippen molar-refractivity contribution in [3.05, 3.63) is 137 Å². The van der Waals surface area contributed by atoms with Crippen LogP contribution in [0.3, 0.4) is 0 Å². The van der Waals surface area contributed by atoms with Gasteiger partial charge in [0, 0.05) is 5.92 Å². The van der Waals surface area contributed by atoms with E-state index in [4.69, 9.17) is 0 Å². The van der Waals surface area contributed by atoms with Gasteiger partial charge in [0.15, 0.2) is 0 Å². The Morgan fingerprint density at radius 2 is 1.42 bits per heavy atom. The van der Waals surface area contributed by atoms with Crippen molar-refractivity contribution in [1.82, 2.24) is 0 Å². The average molecular weight is 531 g/mol. The van der Waals surface area contributed by atoms with Crippen molar-refractivity contribution in [2.24, 2.45) is 0 Å². The lowest BCUT2D eigenvalue weighted by Gasteiger charge is -2.31. The Labute approximate surface area is 218 Å². The van der Waals surface area contributed by atoms with Crippen LogP contribution in [0, 0.1) is 0 Å². The van der Waals surface area contributed by atoms with Crippen LogP contribution in [0.5, 0.6) is 5.75 Å². The highest BCUT2D eigenvalue weighted by Gasteiger charge is 2.48. The summed E-state index contributed by atoms with van der Waals surface area (Å²) in [7, 11) is -5.76. The predicted molar refractivity (Wildman–Crippen MR) is 142 cm³/mol. The predicted octanol–water partition coefficient (Wildman–Crippen LogP) is 7.82. The molecule has 0 amide bonds. The Bertz CT molecular complexity index is 1780. The van der Waals surface area contributed by atoms with E-state index in [1.54, 1.807) is 6.07 Å². The SMILES string of the molecule is O=S(=O)(Oc1ccc2ccc(-c3cccc4c3C(c3ccccc3)c3ccccc3C4)cc2c1)C(F)(F)F. The van der Waals surface area contributed by atoms with Gasteiger partial charge in [-0.25, -0.2) is 0 Å². The molecule has 0 bridgehead atoms. The summed E-state index contributed by atoms with van der Waals surface area (Å²) in [5, 5.41) is 1.32.